The SMILES string of the molecule is N#CC1=C(c2ccc(Cl)cc2)OC(c2ccccc2)(c2cccs2)C1. The van der Waals surface area contributed by atoms with Gasteiger partial charge in [0.05, 0.1) is 16.5 Å². The molecule has 122 valence electrons. The molecule has 4 rings (SSSR count). The van der Waals surface area contributed by atoms with E-state index >= 15 is 0 Å². The van der Waals surface area contributed by atoms with Crippen LogP contribution in [0, 0.1) is 11.3 Å². The second kappa shape index (κ2) is 6.40. The van der Waals surface area contributed by atoms with Crippen molar-refractivity contribution in [3.63, 3.8) is 0 Å². The second-order valence-corrected chi connectivity index (χ2v) is 7.26. The van der Waals surface area contributed by atoms with Gasteiger partial charge in [-0.05, 0) is 35.7 Å². The van der Waals surface area contributed by atoms with Crippen molar-refractivity contribution in [2.75, 3.05) is 0 Å². The number of thiophene rings is 1. The molecule has 1 atom stereocenters. The molecule has 2 nitrogen and oxygen atoms in total. The Bertz CT molecular complexity index is 955. The molecule has 0 saturated heterocycles. The van der Waals surface area contributed by atoms with Crippen molar-refractivity contribution >= 4 is 28.7 Å². The van der Waals surface area contributed by atoms with Gasteiger partial charge < -0.3 is 4.74 Å². The van der Waals surface area contributed by atoms with Crippen LogP contribution in [0.1, 0.15) is 22.4 Å². The number of ether oxygens (including phenoxy) is 1. The summed E-state index contributed by atoms with van der Waals surface area (Å²) in [4.78, 5) is 1.09. The topological polar surface area (TPSA) is 33.0 Å². The van der Waals surface area contributed by atoms with E-state index in [0.29, 0.717) is 22.8 Å². The lowest BCUT2D eigenvalue weighted by molar-refractivity contribution is 0.104. The summed E-state index contributed by atoms with van der Waals surface area (Å²) in [6.07, 6.45) is 0.520. The van der Waals surface area contributed by atoms with Crippen molar-refractivity contribution in [2.45, 2.75) is 12.0 Å². The zero-order chi connectivity index (χ0) is 17.3. The molecule has 1 aliphatic rings. The van der Waals surface area contributed by atoms with Gasteiger partial charge in [-0.2, -0.15) is 5.26 Å². The predicted octanol–water partition coefficient (Wildman–Crippen LogP) is 6.00. The summed E-state index contributed by atoms with van der Waals surface area (Å²) in [5, 5.41) is 12.4. The summed E-state index contributed by atoms with van der Waals surface area (Å²) in [7, 11) is 0. The first-order chi connectivity index (χ1) is 12.2. The van der Waals surface area contributed by atoms with Crippen LogP contribution in [-0.2, 0) is 10.3 Å². The maximum Gasteiger partial charge on any atom is 0.173 e. The lowest BCUT2D eigenvalue weighted by Crippen LogP contribution is -2.26. The van der Waals surface area contributed by atoms with E-state index in [9.17, 15) is 5.26 Å². The zero-order valence-electron chi connectivity index (χ0n) is 13.3. The van der Waals surface area contributed by atoms with Gasteiger partial charge in [-0.15, -0.1) is 11.3 Å². The quantitative estimate of drug-likeness (QED) is 0.571. The average Bonchev–Trinajstić information content (AvgIpc) is 3.32. The summed E-state index contributed by atoms with van der Waals surface area (Å²) in [5.74, 6) is 0.636. The molecular formula is C21H14ClNOS. The van der Waals surface area contributed by atoms with Gasteiger partial charge >= 0.3 is 0 Å². The van der Waals surface area contributed by atoms with Crippen LogP contribution in [0.15, 0.2) is 77.7 Å². The lowest BCUT2D eigenvalue weighted by Gasteiger charge is -2.29. The number of nitriles is 1. The van der Waals surface area contributed by atoms with Crippen LogP contribution < -0.4 is 0 Å². The maximum atomic E-state index is 9.72. The molecule has 0 amide bonds. The van der Waals surface area contributed by atoms with Gasteiger partial charge in [0, 0.05) is 22.6 Å². The summed E-state index contributed by atoms with van der Waals surface area (Å²) < 4.78 is 6.53. The summed E-state index contributed by atoms with van der Waals surface area (Å²) in [6, 6.07) is 23.9. The Morgan fingerprint density at radius 1 is 1.00 bits per heavy atom. The molecule has 3 aromatic rings. The van der Waals surface area contributed by atoms with Crippen LogP contribution >= 0.6 is 22.9 Å². The van der Waals surface area contributed by atoms with Crippen LogP contribution in [-0.4, -0.2) is 0 Å². The van der Waals surface area contributed by atoms with Crippen LogP contribution in [0.2, 0.25) is 5.02 Å². The minimum atomic E-state index is -0.657. The van der Waals surface area contributed by atoms with E-state index in [2.05, 4.69) is 24.3 Å². The smallest absolute Gasteiger partial charge is 0.173 e. The number of benzene rings is 2. The molecule has 1 aliphatic heterocycles. The fourth-order valence-electron chi connectivity index (χ4n) is 3.18. The van der Waals surface area contributed by atoms with E-state index in [0.717, 1.165) is 16.0 Å². The third-order valence-corrected chi connectivity index (χ3v) is 5.64. The fraction of sp³-hybridized carbons (Fsp3) is 0.0952. The van der Waals surface area contributed by atoms with E-state index in [1.54, 1.807) is 11.3 Å². The molecule has 2 aromatic carbocycles. The first kappa shape index (κ1) is 16.0. The van der Waals surface area contributed by atoms with Crippen LogP contribution in [0.25, 0.3) is 5.76 Å². The molecule has 0 spiro atoms. The van der Waals surface area contributed by atoms with Crippen molar-refractivity contribution in [1.29, 1.82) is 5.26 Å². The Morgan fingerprint density at radius 2 is 1.76 bits per heavy atom. The predicted molar refractivity (Wildman–Crippen MR) is 101 cm³/mol. The molecular weight excluding hydrogens is 350 g/mol. The highest BCUT2D eigenvalue weighted by Gasteiger charge is 2.45. The fourth-order valence-corrected chi connectivity index (χ4v) is 4.19. The monoisotopic (exact) mass is 363 g/mol. The minimum absolute atomic E-state index is 0.520. The standard InChI is InChI=1S/C21H14ClNOS/c22-18-10-8-15(9-11-18)20-16(14-23)13-21(24-20,19-7-4-12-25-19)17-5-2-1-3-6-17/h1-12H,13H2. The molecule has 0 fully saturated rings. The Balaban J connectivity index is 1.84. The van der Waals surface area contributed by atoms with Gasteiger partial charge in [-0.1, -0.05) is 48.0 Å². The molecule has 2 heterocycles. The van der Waals surface area contributed by atoms with Gasteiger partial charge in [0.1, 0.15) is 5.76 Å². The summed E-state index contributed by atoms with van der Waals surface area (Å²) in [5.41, 5.74) is 1.92. The maximum absolute atomic E-state index is 9.72. The van der Waals surface area contributed by atoms with Crippen molar-refractivity contribution in [3.8, 4) is 6.07 Å². The first-order valence-corrected chi connectivity index (χ1v) is 9.16. The van der Waals surface area contributed by atoms with Crippen LogP contribution in [0.3, 0.4) is 0 Å². The molecule has 0 saturated carbocycles. The number of hydrogen-bond donors (Lipinski definition) is 0. The molecule has 0 radical (unpaired) electrons. The normalized spacial score (nSPS) is 19.5. The Morgan fingerprint density at radius 3 is 2.40 bits per heavy atom. The Kier molecular flexibility index (Phi) is 4.09. The van der Waals surface area contributed by atoms with E-state index in [1.165, 1.54) is 0 Å². The highest BCUT2D eigenvalue weighted by Crippen LogP contribution is 2.50. The third-order valence-electron chi connectivity index (χ3n) is 4.38. The van der Waals surface area contributed by atoms with Gasteiger partial charge in [0.25, 0.3) is 0 Å². The second-order valence-electron chi connectivity index (χ2n) is 5.88. The van der Waals surface area contributed by atoms with Crippen LogP contribution in [0.5, 0.6) is 0 Å². The number of rotatable bonds is 3. The van der Waals surface area contributed by atoms with Gasteiger partial charge in [-0.25, -0.2) is 0 Å². The van der Waals surface area contributed by atoms with E-state index in [-0.39, 0.29) is 0 Å². The largest absolute Gasteiger partial charge is 0.475 e. The number of nitrogens with zero attached hydrogens (tertiary/aromatic N) is 1. The van der Waals surface area contributed by atoms with E-state index < -0.39 is 5.60 Å². The van der Waals surface area contributed by atoms with Crippen LogP contribution in [0.4, 0.5) is 0 Å². The molecule has 0 N–H and O–H groups in total. The number of halogens is 1. The molecule has 4 heteroatoms. The third kappa shape index (κ3) is 2.74. The van der Waals surface area contributed by atoms with Gasteiger partial charge in [-0.3, -0.25) is 0 Å². The van der Waals surface area contributed by atoms with Crippen molar-refractivity contribution in [3.05, 3.63) is 98.7 Å². The molecule has 0 aliphatic carbocycles. The zero-order valence-corrected chi connectivity index (χ0v) is 14.8. The van der Waals surface area contributed by atoms with E-state index in [4.69, 9.17) is 16.3 Å². The van der Waals surface area contributed by atoms with Crippen molar-refractivity contribution in [2.24, 2.45) is 0 Å². The highest BCUT2D eigenvalue weighted by atomic mass is 35.5. The lowest BCUT2D eigenvalue weighted by atomic mass is 9.87. The Labute approximate surface area is 155 Å². The van der Waals surface area contributed by atoms with Crippen molar-refractivity contribution in [1.82, 2.24) is 0 Å². The molecule has 25 heavy (non-hydrogen) atoms. The first-order valence-electron chi connectivity index (χ1n) is 7.91. The van der Waals surface area contributed by atoms with Gasteiger partial charge in [0.15, 0.2) is 5.60 Å². The van der Waals surface area contributed by atoms with E-state index in [1.807, 2.05) is 53.9 Å². The minimum Gasteiger partial charge on any atom is -0.475 e. The summed E-state index contributed by atoms with van der Waals surface area (Å²) >= 11 is 7.65. The number of hydrogen-bond acceptors (Lipinski definition) is 3. The highest BCUT2D eigenvalue weighted by molar-refractivity contribution is 7.10. The average molecular weight is 364 g/mol. The molecule has 1 aromatic heterocycles. The summed E-state index contributed by atoms with van der Waals surface area (Å²) in [6.45, 7) is 0. The van der Waals surface area contributed by atoms with Crippen molar-refractivity contribution < 1.29 is 4.74 Å². The molecule has 1 unspecified atom stereocenters. The molecule has 0 bridgehead atoms. The van der Waals surface area contributed by atoms with Gasteiger partial charge in [0.2, 0.25) is 0 Å². The Hall–Kier alpha value is -2.54.